The van der Waals surface area contributed by atoms with Crippen LogP contribution < -0.4 is 11.3 Å². The van der Waals surface area contributed by atoms with Crippen molar-refractivity contribution in [3.05, 3.63) is 34.0 Å². The zero-order valence-corrected chi connectivity index (χ0v) is 7.90. The number of nitrogens with one attached hydrogen (secondary N) is 1. The van der Waals surface area contributed by atoms with Crippen molar-refractivity contribution in [2.24, 2.45) is 5.73 Å². The first-order valence-electron chi connectivity index (χ1n) is 3.73. The van der Waals surface area contributed by atoms with Crippen molar-refractivity contribution in [3.8, 4) is 0 Å². The number of aliphatic hydroxyl groups excluding tert-OH is 1. The molecule has 0 saturated heterocycles. The number of aliphatic hydroxyl groups is 1. The van der Waals surface area contributed by atoms with Crippen molar-refractivity contribution >= 4 is 5.91 Å². The Morgan fingerprint density at radius 2 is 2.29 bits per heavy atom. The van der Waals surface area contributed by atoms with Crippen molar-refractivity contribution in [1.29, 1.82) is 0 Å². The number of rotatable bonds is 1. The molecule has 1 amide bonds. The van der Waals surface area contributed by atoms with E-state index in [0.717, 1.165) is 0 Å². The minimum Gasteiger partial charge on any atom is -0.515 e. The fourth-order valence-corrected chi connectivity index (χ4v) is 0.438. The van der Waals surface area contributed by atoms with Crippen LogP contribution in [0, 0.1) is 6.92 Å². The third-order valence-corrected chi connectivity index (χ3v) is 1.23. The summed E-state index contributed by atoms with van der Waals surface area (Å²) in [5.74, 6) is 0.0208. The molecule has 1 aromatic rings. The van der Waals surface area contributed by atoms with Gasteiger partial charge in [0.2, 0.25) is 5.91 Å². The normalized spacial score (nSPS) is 10.3. The second-order valence-electron chi connectivity index (χ2n) is 2.50. The molecule has 4 N–H and O–H groups in total. The molecule has 6 nitrogen and oxygen atoms in total. The third kappa shape index (κ3) is 4.81. The van der Waals surface area contributed by atoms with Gasteiger partial charge in [-0.2, -0.15) is 5.16 Å². The fraction of sp³-hybridized carbons (Fsp3) is 0.250. The highest BCUT2D eigenvalue weighted by Gasteiger charge is 1.92. The average molecular weight is 200 g/mol. The zero-order valence-electron chi connectivity index (χ0n) is 7.90. The van der Waals surface area contributed by atoms with Gasteiger partial charge in [-0.1, -0.05) is 0 Å². The number of hydrogen-bond acceptors (Lipinski definition) is 4. The molecule has 0 aliphatic carbocycles. The van der Waals surface area contributed by atoms with Gasteiger partial charge in [-0.15, -0.1) is 0 Å². The molecule has 78 valence electrons. The van der Waals surface area contributed by atoms with Crippen molar-refractivity contribution < 1.29 is 14.4 Å². The predicted octanol–water partition coefficient (Wildman–Crippen LogP) is 0.210. The van der Waals surface area contributed by atoms with E-state index in [-0.39, 0.29) is 11.1 Å². The van der Waals surface area contributed by atoms with E-state index in [2.05, 4.69) is 15.4 Å². The maximum absolute atomic E-state index is 10.1. The summed E-state index contributed by atoms with van der Waals surface area (Å²) in [5, 5.41) is 10.2. The Balaban J connectivity index is 0.000000241. The van der Waals surface area contributed by atoms with Gasteiger partial charge in [0.05, 0.1) is 6.26 Å². The predicted molar refractivity (Wildman–Crippen MR) is 49.6 cm³/mol. The number of aryl methyl sites for hydroxylation is 1. The topological polar surface area (TPSA) is 109 Å². The van der Waals surface area contributed by atoms with Crippen LogP contribution in [0.25, 0.3) is 0 Å². The molecule has 0 aliphatic rings. The summed E-state index contributed by atoms with van der Waals surface area (Å²) >= 11 is 0. The Hall–Kier alpha value is -1.98. The van der Waals surface area contributed by atoms with E-state index in [4.69, 9.17) is 5.11 Å². The van der Waals surface area contributed by atoms with Gasteiger partial charge < -0.3 is 15.4 Å². The number of nitrogens with two attached hydrogens (primary N) is 1. The van der Waals surface area contributed by atoms with E-state index in [0.29, 0.717) is 12.0 Å². The first-order chi connectivity index (χ1) is 6.47. The summed E-state index contributed by atoms with van der Waals surface area (Å²) in [7, 11) is 0. The number of carbonyl (C=O) groups is 1. The van der Waals surface area contributed by atoms with Gasteiger partial charge in [0, 0.05) is 11.6 Å². The molecule has 6 heteroatoms. The van der Waals surface area contributed by atoms with Crippen LogP contribution in [0.4, 0.5) is 0 Å². The van der Waals surface area contributed by atoms with Gasteiger partial charge in [-0.3, -0.25) is 9.59 Å². The summed E-state index contributed by atoms with van der Waals surface area (Å²) in [6.07, 6.45) is 0.683. The van der Waals surface area contributed by atoms with Gasteiger partial charge >= 0.3 is 0 Å². The number of primary amides is 1. The van der Waals surface area contributed by atoms with E-state index in [1.54, 1.807) is 6.92 Å². The van der Waals surface area contributed by atoms with Crippen LogP contribution in [-0.2, 0) is 4.79 Å². The largest absolute Gasteiger partial charge is 0.515 e. The Labute approximate surface area is 80.0 Å². The lowest BCUT2D eigenvalue weighted by Crippen LogP contribution is -2.11. The number of carbonyl (C=O) groups excluding carboxylic acids is 1. The molecule has 14 heavy (non-hydrogen) atoms. The highest BCUT2D eigenvalue weighted by Crippen LogP contribution is 1.84. The van der Waals surface area contributed by atoms with Crippen LogP contribution in [-0.4, -0.2) is 16.2 Å². The summed E-state index contributed by atoms with van der Waals surface area (Å²) in [6, 6.07) is 1.39. The number of hydrogen-bond donors (Lipinski definition) is 3. The van der Waals surface area contributed by atoms with Gasteiger partial charge in [0.1, 0.15) is 5.76 Å². The molecule has 0 saturated carbocycles. The summed E-state index contributed by atoms with van der Waals surface area (Å²) < 4.78 is 4.53. The molecule has 0 radical (unpaired) electrons. The van der Waals surface area contributed by atoms with Crippen molar-refractivity contribution in [1.82, 2.24) is 5.16 Å². The number of amides is 1. The van der Waals surface area contributed by atoms with Crippen LogP contribution in [0.2, 0.25) is 0 Å². The average Bonchev–Trinajstić information content (AvgIpc) is 2.49. The van der Waals surface area contributed by atoms with Gasteiger partial charge in [0.25, 0.3) is 5.56 Å². The molecule has 0 bridgehead atoms. The number of aromatic nitrogens is 1. The molecule has 0 atom stereocenters. The smallest absolute Gasteiger partial charge is 0.280 e. The lowest BCUT2D eigenvalue weighted by molar-refractivity contribution is -0.114. The molecular weight excluding hydrogens is 188 g/mol. The first kappa shape index (κ1) is 12.0. The van der Waals surface area contributed by atoms with E-state index < -0.39 is 5.91 Å². The highest BCUT2D eigenvalue weighted by atomic mass is 16.5. The summed E-state index contributed by atoms with van der Waals surface area (Å²) in [6.45, 7) is 3.14. The van der Waals surface area contributed by atoms with Crippen LogP contribution in [0.1, 0.15) is 12.7 Å². The van der Waals surface area contributed by atoms with Crippen LogP contribution in [0.15, 0.2) is 27.2 Å². The SMILES string of the molecule is C/C(=C/O)C(N)=O.Cc1cc(=O)[nH]o1. The molecule has 0 aromatic carbocycles. The van der Waals surface area contributed by atoms with Gasteiger partial charge in [0.15, 0.2) is 0 Å². The monoisotopic (exact) mass is 200 g/mol. The van der Waals surface area contributed by atoms with E-state index in [9.17, 15) is 9.59 Å². The third-order valence-electron chi connectivity index (χ3n) is 1.23. The van der Waals surface area contributed by atoms with Crippen molar-refractivity contribution in [3.63, 3.8) is 0 Å². The summed E-state index contributed by atoms with van der Waals surface area (Å²) in [5.41, 5.74) is 4.66. The Morgan fingerprint density at radius 3 is 2.36 bits per heavy atom. The quantitative estimate of drug-likeness (QED) is 0.444. The Morgan fingerprint density at radius 1 is 1.71 bits per heavy atom. The van der Waals surface area contributed by atoms with Gasteiger partial charge in [-0.25, -0.2) is 0 Å². The maximum Gasteiger partial charge on any atom is 0.280 e. The number of H-pyrrole nitrogens is 1. The fourth-order valence-electron chi connectivity index (χ4n) is 0.438. The van der Waals surface area contributed by atoms with E-state index in [1.807, 2.05) is 0 Å². The zero-order chi connectivity index (χ0) is 11.1. The van der Waals surface area contributed by atoms with Crippen LogP contribution >= 0.6 is 0 Å². The Kier molecular flexibility index (Phi) is 4.83. The van der Waals surface area contributed by atoms with Gasteiger partial charge in [-0.05, 0) is 13.8 Å². The minimum absolute atomic E-state index is 0.167. The molecule has 0 unspecified atom stereocenters. The molecule has 1 aromatic heterocycles. The highest BCUT2D eigenvalue weighted by molar-refractivity contribution is 5.90. The van der Waals surface area contributed by atoms with E-state index in [1.165, 1.54) is 13.0 Å². The maximum atomic E-state index is 10.1. The molecular formula is C8H12N2O4. The molecule has 0 spiro atoms. The second kappa shape index (κ2) is 5.63. The lowest BCUT2D eigenvalue weighted by Gasteiger charge is -1.84. The molecule has 0 aliphatic heterocycles. The number of aromatic amines is 1. The second-order valence-corrected chi connectivity index (χ2v) is 2.50. The first-order valence-corrected chi connectivity index (χ1v) is 3.73. The van der Waals surface area contributed by atoms with Crippen LogP contribution in [0.3, 0.4) is 0 Å². The van der Waals surface area contributed by atoms with Crippen molar-refractivity contribution in [2.45, 2.75) is 13.8 Å². The lowest BCUT2D eigenvalue weighted by atomic mass is 10.3. The molecule has 0 fully saturated rings. The standard InChI is InChI=1S/C4H5NO2.C4H7NO2/c1-3-2-4(6)5-7-3;1-3(2-6)4(5)7/h2H,1H3,(H,5,6);2,6H,1H3,(H2,5,7)/b;3-2-. The van der Waals surface area contributed by atoms with E-state index >= 15 is 0 Å². The Bertz CT molecular complexity index is 375. The van der Waals surface area contributed by atoms with Crippen molar-refractivity contribution in [2.75, 3.05) is 0 Å². The van der Waals surface area contributed by atoms with Crippen LogP contribution in [0.5, 0.6) is 0 Å². The summed E-state index contributed by atoms with van der Waals surface area (Å²) in [4.78, 5) is 20.1. The molecule has 1 rings (SSSR count). The molecule has 1 heterocycles. The minimum atomic E-state index is -0.595.